The molecule has 1 N–H and O–H groups in total. The molecule has 0 unspecified atom stereocenters. The Morgan fingerprint density at radius 1 is 1.25 bits per heavy atom. The van der Waals surface area contributed by atoms with Crippen LogP contribution < -0.4 is 5.32 Å². The fraction of sp³-hybridized carbons (Fsp3) is 0.167. The average Bonchev–Trinajstić information content (AvgIpc) is 3.02. The minimum absolute atomic E-state index is 0.0140. The molecular weight excluding hydrogens is 402 g/mol. The highest BCUT2D eigenvalue weighted by molar-refractivity contribution is 7.99. The predicted molar refractivity (Wildman–Crippen MR) is 109 cm³/mol. The largest absolute Gasteiger partial charge is 0.325 e. The number of nitro benzene ring substituents is 1. The van der Waals surface area contributed by atoms with E-state index in [1.165, 1.54) is 30.0 Å². The third-order valence-electron chi connectivity index (χ3n) is 3.90. The highest BCUT2D eigenvalue weighted by atomic mass is 35.5. The summed E-state index contributed by atoms with van der Waals surface area (Å²) in [6.07, 6.45) is 0. The first-order valence-electron chi connectivity index (χ1n) is 8.18. The summed E-state index contributed by atoms with van der Waals surface area (Å²) in [5, 5.41) is 22.5. The molecule has 0 bridgehead atoms. The Morgan fingerprint density at radius 2 is 1.96 bits per heavy atom. The van der Waals surface area contributed by atoms with Gasteiger partial charge >= 0.3 is 0 Å². The van der Waals surface area contributed by atoms with Crippen LogP contribution in [0.1, 0.15) is 5.56 Å². The SMILES string of the molecule is Cc1ccc(-c2nnc(SCC(=O)Nc3ccc(Cl)c([N+](=O)[O-])c3)n2C)cc1. The summed E-state index contributed by atoms with van der Waals surface area (Å²) in [4.78, 5) is 22.5. The van der Waals surface area contributed by atoms with Gasteiger partial charge < -0.3 is 9.88 Å². The van der Waals surface area contributed by atoms with Crippen molar-refractivity contribution in [3.05, 3.63) is 63.2 Å². The minimum Gasteiger partial charge on any atom is -0.325 e. The maximum Gasteiger partial charge on any atom is 0.289 e. The van der Waals surface area contributed by atoms with E-state index in [0.717, 1.165) is 11.1 Å². The van der Waals surface area contributed by atoms with Gasteiger partial charge in [-0.1, -0.05) is 53.2 Å². The van der Waals surface area contributed by atoms with Crippen molar-refractivity contribution in [3.8, 4) is 11.4 Å². The number of rotatable bonds is 6. The van der Waals surface area contributed by atoms with Gasteiger partial charge in [-0.05, 0) is 19.1 Å². The zero-order valence-corrected chi connectivity index (χ0v) is 16.6. The molecular formula is C18H16ClN5O3S. The third-order valence-corrected chi connectivity index (χ3v) is 5.24. The van der Waals surface area contributed by atoms with Crippen LogP contribution in [0.2, 0.25) is 5.02 Å². The molecule has 3 rings (SSSR count). The van der Waals surface area contributed by atoms with Crippen LogP contribution in [0.15, 0.2) is 47.6 Å². The van der Waals surface area contributed by atoms with E-state index in [4.69, 9.17) is 11.6 Å². The van der Waals surface area contributed by atoms with Crippen molar-refractivity contribution < 1.29 is 9.72 Å². The Kier molecular flexibility index (Phi) is 5.96. The lowest BCUT2D eigenvalue weighted by Gasteiger charge is -2.06. The summed E-state index contributed by atoms with van der Waals surface area (Å²) in [5.41, 5.74) is 2.13. The molecule has 0 spiro atoms. The standard InChI is InChI=1S/C18H16ClN5O3S/c1-11-3-5-12(6-4-11)17-21-22-18(23(17)2)28-10-16(25)20-13-7-8-14(19)15(9-13)24(26)27/h3-9H,10H2,1-2H3,(H,20,25). The molecule has 28 heavy (non-hydrogen) atoms. The lowest BCUT2D eigenvalue weighted by Crippen LogP contribution is -2.14. The average molecular weight is 418 g/mol. The predicted octanol–water partition coefficient (Wildman–Crippen LogP) is 4.08. The quantitative estimate of drug-likeness (QED) is 0.368. The van der Waals surface area contributed by atoms with E-state index >= 15 is 0 Å². The molecule has 8 nitrogen and oxygen atoms in total. The smallest absolute Gasteiger partial charge is 0.289 e. The van der Waals surface area contributed by atoms with Gasteiger partial charge in [0, 0.05) is 24.4 Å². The van der Waals surface area contributed by atoms with Crippen LogP contribution in [0, 0.1) is 17.0 Å². The van der Waals surface area contributed by atoms with Crippen LogP contribution in [-0.4, -0.2) is 31.3 Å². The molecule has 1 heterocycles. The first-order chi connectivity index (χ1) is 13.3. The van der Waals surface area contributed by atoms with Crippen LogP contribution in [-0.2, 0) is 11.8 Å². The Hall–Kier alpha value is -2.91. The summed E-state index contributed by atoms with van der Waals surface area (Å²) in [6.45, 7) is 2.01. The van der Waals surface area contributed by atoms with Gasteiger partial charge in [-0.15, -0.1) is 10.2 Å². The summed E-state index contributed by atoms with van der Waals surface area (Å²) < 4.78 is 1.82. The molecule has 0 radical (unpaired) electrons. The molecule has 0 aliphatic carbocycles. The highest BCUT2D eigenvalue weighted by Gasteiger charge is 2.16. The van der Waals surface area contributed by atoms with Gasteiger partial charge in [-0.3, -0.25) is 14.9 Å². The molecule has 1 aromatic heterocycles. The zero-order chi connectivity index (χ0) is 20.3. The van der Waals surface area contributed by atoms with Gasteiger partial charge in [-0.2, -0.15) is 0 Å². The van der Waals surface area contributed by atoms with Crippen molar-refractivity contribution in [2.75, 3.05) is 11.1 Å². The molecule has 10 heteroatoms. The second kappa shape index (κ2) is 8.41. The molecule has 1 amide bonds. The van der Waals surface area contributed by atoms with E-state index in [2.05, 4.69) is 15.5 Å². The lowest BCUT2D eigenvalue weighted by atomic mass is 10.1. The number of benzene rings is 2. The number of hydrogen-bond donors (Lipinski definition) is 1. The number of amides is 1. The zero-order valence-electron chi connectivity index (χ0n) is 15.0. The number of nitro groups is 1. The second-order valence-electron chi connectivity index (χ2n) is 5.99. The van der Waals surface area contributed by atoms with Crippen LogP contribution in [0.5, 0.6) is 0 Å². The number of thioether (sulfide) groups is 1. The number of nitrogens with one attached hydrogen (secondary N) is 1. The maximum atomic E-state index is 12.2. The van der Waals surface area contributed by atoms with Gasteiger partial charge in [0.15, 0.2) is 11.0 Å². The molecule has 3 aromatic rings. The molecule has 0 aliphatic rings. The fourth-order valence-corrected chi connectivity index (χ4v) is 3.35. The van der Waals surface area contributed by atoms with Crippen LogP contribution in [0.4, 0.5) is 11.4 Å². The van der Waals surface area contributed by atoms with Crippen molar-refractivity contribution in [1.82, 2.24) is 14.8 Å². The van der Waals surface area contributed by atoms with E-state index in [0.29, 0.717) is 16.7 Å². The number of anilines is 1. The van der Waals surface area contributed by atoms with E-state index < -0.39 is 4.92 Å². The molecule has 0 fully saturated rings. The van der Waals surface area contributed by atoms with Crippen molar-refractivity contribution >= 4 is 40.6 Å². The molecule has 2 aromatic carbocycles. The van der Waals surface area contributed by atoms with E-state index in [-0.39, 0.29) is 22.4 Å². The number of halogens is 1. The van der Waals surface area contributed by atoms with Crippen LogP contribution in [0.25, 0.3) is 11.4 Å². The van der Waals surface area contributed by atoms with Gasteiger partial charge in [0.2, 0.25) is 5.91 Å². The Morgan fingerprint density at radius 3 is 2.64 bits per heavy atom. The number of aromatic nitrogens is 3. The first kappa shape index (κ1) is 19.8. The number of aryl methyl sites for hydroxylation is 1. The first-order valence-corrected chi connectivity index (χ1v) is 9.54. The molecule has 144 valence electrons. The molecule has 0 saturated heterocycles. The Labute approximate surface area is 170 Å². The molecule has 0 atom stereocenters. The second-order valence-corrected chi connectivity index (χ2v) is 7.34. The van der Waals surface area contributed by atoms with Crippen molar-refractivity contribution in [2.24, 2.45) is 7.05 Å². The van der Waals surface area contributed by atoms with Gasteiger partial charge in [0.25, 0.3) is 5.69 Å². The van der Waals surface area contributed by atoms with Gasteiger partial charge in [-0.25, -0.2) is 0 Å². The lowest BCUT2D eigenvalue weighted by molar-refractivity contribution is -0.384. The molecule has 0 saturated carbocycles. The third kappa shape index (κ3) is 4.49. The van der Waals surface area contributed by atoms with Crippen LogP contribution >= 0.6 is 23.4 Å². The minimum atomic E-state index is -0.598. The van der Waals surface area contributed by atoms with E-state index in [1.807, 2.05) is 42.8 Å². The highest BCUT2D eigenvalue weighted by Crippen LogP contribution is 2.28. The maximum absolute atomic E-state index is 12.2. The van der Waals surface area contributed by atoms with Crippen LogP contribution in [0.3, 0.4) is 0 Å². The topological polar surface area (TPSA) is 103 Å². The fourth-order valence-electron chi connectivity index (χ4n) is 2.45. The molecule has 0 aliphatic heterocycles. The number of nitrogens with zero attached hydrogens (tertiary/aromatic N) is 4. The monoisotopic (exact) mass is 417 g/mol. The van der Waals surface area contributed by atoms with Gasteiger partial charge in [0.1, 0.15) is 5.02 Å². The summed E-state index contributed by atoms with van der Waals surface area (Å²) in [7, 11) is 1.83. The van der Waals surface area contributed by atoms with Gasteiger partial charge in [0.05, 0.1) is 10.7 Å². The van der Waals surface area contributed by atoms with E-state index in [9.17, 15) is 14.9 Å². The number of hydrogen-bond acceptors (Lipinski definition) is 6. The van der Waals surface area contributed by atoms with E-state index in [1.54, 1.807) is 0 Å². The van der Waals surface area contributed by atoms with Crippen molar-refractivity contribution in [3.63, 3.8) is 0 Å². The Balaban J connectivity index is 1.65. The van der Waals surface area contributed by atoms with Crippen molar-refractivity contribution in [1.29, 1.82) is 0 Å². The summed E-state index contributed by atoms with van der Waals surface area (Å²) in [5.74, 6) is 0.466. The van der Waals surface area contributed by atoms with Crippen molar-refractivity contribution in [2.45, 2.75) is 12.1 Å². The number of carbonyl (C=O) groups is 1. The normalized spacial score (nSPS) is 10.7. The number of carbonyl (C=O) groups excluding carboxylic acids is 1. The summed E-state index contributed by atoms with van der Waals surface area (Å²) in [6, 6.07) is 12.0. The Bertz CT molecular complexity index is 1040. The summed E-state index contributed by atoms with van der Waals surface area (Å²) >= 11 is 7.00.